The Morgan fingerprint density at radius 2 is 2.27 bits per heavy atom. The second-order valence-electron chi connectivity index (χ2n) is 2.61. The van der Waals surface area contributed by atoms with Gasteiger partial charge in [0.15, 0.2) is 5.69 Å². The number of nitrogens with one attached hydrogen (secondary N) is 1. The highest BCUT2D eigenvalue weighted by atomic mass is 32.1. The summed E-state index contributed by atoms with van der Waals surface area (Å²) in [7, 11) is 0. The molecule has 0 saturated carbocycles. The Morgan fingerprint density at radius 3 is 2.73 bits per heavy atom. The van der Waals surface area contributed by atoms with Crippen LogP contribution in [0.1, 0.15) is 10.7 Å². The van der Waals surface area contributed by atoms with Crippen molar-refractivity contribution in [2.45, 2.75) is 12.7 Å². The molecule has 8 heteroatoms. The molecule has 15 heavy (non-hydrogen) atoms. The summed E-state index contributed by atoms with van der Waals surface area (Å²) in [4.78, 5) is 14.0. The molecule has 0 radical (unpaired) electrons. The Balaban J connectivity index is 2.58. The van der Waals surface area contributed by atoms with Gasteiger partial charge in [-0.1, -0.05) is 0 Å². The van der Waals surface area contributed by atoms with Gasteiger partial charge in [-0.2, -0.15) is 13.2 Å². The summed E-state index contributed by atoms with van der Waals surface area (Å²) in [5, 5.41) is 3.43. The lowest BCUT2D eigenvalue weighted by Crippen LogP contribution is -2.29. The first-order valence-electron chi connectivity index (χ1n) is 3.92. The summed E-state index contributed by atoms with van der Waals surface area (Å²) in [5.74, 6) is -0.432. The van der Waals surface area contributed by atoms with Crippen molar-refractivity contribution in [1.82, 2.24) is 10.3 Å². The number of rotatable bonds is 3. The van der Waals surface area contributed by atoms with Crippen LogP contribution in [0.25, 0.3) is 0 Å². The number of alkyl halides is 3. The van der Waals surface area contributed by atoms with Crippen molar-refractivity contribution in [3.8, 4) is 0 Å². The van der Waals surface area contributed by atoms with Gasteiger partial charge in [0.1, 0.15) is 5.01 Å². The number of thiazole rings is 1. The molecule has 0 saturated heterocycles. The quantitative estimate of drug-likeness (QED) is 0.817. The highest BCUT2D eigenvalue weighted by Gasteiger charge is 2.33. The molecule has 84 valence electrons. The average Bonchev–Trinajstić information content (AvgIpc) is 2.61. The van der Waals surface area contributed by atoms with E-state index in [2.05, 4.69) is 10.3 Å². The SMILES string of the molecule is NCC(=O)NCc1nc(C(F)(F)F)cs1. The van der Waals surface area contributed by atoms with E-state index < -0.39 is 17.8 Å². The predicted octanol–water partition coefficient (Wildman–Crippen LogP) is 0.737. The molecule has 0 aliphatic carbocycles. The van der Waals surface area contributed by atoms with E-state index in [1.807, 2.05) is 0 Å². The zero-order valence-corrected chi connectivity index (χ0v) is 8.28. The molecule has 0 bridgehead atoms. The maximum atomic E-state index is 12.1. The molecule has 0 atom stereocenters. The number of carbonyl (C=O) groups is 1. The standard InChI is InChI=1S/C7H8F3N3OS/c8-7(9,10)4-3-15-6(13-4)2-12-5(14)1-11/h3H,1-2,11H2,(H,12,14). The van der Waals surface area contributed by atoms with Crippen molar-refractivity contribution >= 4 is 17.2 Å². The minimum Gasteiger partial charge on any atom is -0.348 e. The smallest absolute Gasteiger partial charge is 0.348 e. The fourth-order valence-corrected chi connectivity index (χ4v) is 1.51. The van der Waals surface area contributed by atoms with Crippen LogP contribution in [0, 0.1) is 0 Å². The van der Waals surface area contributed by atoms with Crippen LogP contribution >= 0.6 is 11.3 Å². The molecule has 1 aromatic rings. The van der Waals surface area contributed by atoms with E-state index in [-0.39, 0.29) is 18.1 Å². The Morgan fingerprint density at radius 1 is 1.60 bits per heavy atom. The van der Waals surface area contributed by atoms with Crippen molar-refractivity contribution < 1.29 is 18.0 Å². The maximum absolute atomic E-state index is 12.1. The minimum absolute atomic E-state index is 0.0310. The third-order valence-electron chi connectivity index (χ3n) is 1.46. The molecular weight excluding hydrogens is 231 g/mol. The van der Waals surface area contributed by atoms with E-state index in [0.29, 0.717) is 0 Å². The Hall–Kier alpha value is -1.15. The fourth-order valence-electron chi connectivity index (χ4n) is 0.769. The van der Waals surface area contributed by atoms with Crippen molar-refractivity contribution in [3.63, 3.8) is 0 Å². The van der Waals surface area contributed by atoms with Crippen molar-refractivity contribution in [1.29, 1.82) is 0 Å². The largest absolute Gasteiger partial charge is 0.434 e. The zero-order valence-electron chi connectivity index (χ0n) is 7.47. The third-order valence-corrected chi connectivity index (χ3v) is 2.31. The molecule has 1 aromatic heterocycles. The van der Waals surface area contributed by atoms with Crippen LogP contribution in [0.5, 0.6) is 0 Å². The van der Waals surface area contributed by atoms with E-state index in [9.17, 15) is 18.0 Å². The van der Waals surface area contributed by atoms with E-state index in [4.69, 9.17) is 5.73 Å². The van der Waals surface area contributed by atoms with E-state index >= 15 is 0 Å². The number of amides is 1. The molecule has 0 fully saturated rings. The van der Waals surface area contributed by atoms with Gasteiger partial charge in [0.2, 0.25) is 5.91 Å². The van der Waals surface area contributed by atoms with Crippen LogP contribution in [0.2, 0.25) is 0 Å². The lowest BCUT2D eigenvalue weighted by molar-refractivity contribution is -0.140. The molecule has 3 N–H and O–H groups in total. The molecule has 0 aliphatic rings. The average molecular weight is 239 g/mol. The van der Waals surface area contributed by atoms with Crippen LogP contribution < -0.4 is 11.1 Å². The summed E-state index contributed by atoms with van der Waals surface area (Å²) in [5.41, 5.74) is 4.06. The number of aromatic nitrogens is 1. The van der Waals surface area contributed by atoms with Gasteiger partial charge >= 0.3 is 6.18 Å². The second kappa shape index (κ2) is 4.58. The molecule has 0 aliphatic heterocycles. The Labute approximate surface area is 87.3 Å². The van der Waals surface area contributed by atoms with E-state index in [1.165, 1.54) is 0 Å². The van der Waals surface area contributed by atoms with Crippen LogP contribution in [0.3, 0.4) is 0 Å². The molecule has 1 heterocycles. The van der Waals surface area contributed by atoms with E-state index in [0.717, 1.165) is 16.7 Å². The number of carbonyl (C=O) groups excluding carboxylic acids is 1. The van der Waals surface area contributed by atoms with Gasteiger partial charge in [0, 0.05) is 5.38 Å². The number of halogens is 3. The van der Waals surface area contributed by atoms with Crippen molar-refractivity contribution in [2.24, 2.45) is 5.73 Å². The Kier molecular flexibility index (Phi) is 3.64. The van der Waals surface area contributed by atoms with Crippen LogP contribution in [0.15, 0.2) is 5.38 Å². The second-order valence-corrected chi connectivity index (χ2v) is 3.55. The van der Waals surface area contributed by atoms with E-state index in [1.54, 1.807) is 0 Å². The van der Waals surface area contributed by atoms with Gasteiger partial charge in [0.05, 0.1) is 13.1 Å². The summed E-state index contributed by atoms with van der Waals surface area (Å²) >= 11 is 0.842. The van der Waals surface area contributed by atoms with Crippen LogP contribution in [-0.2, 0) is 17.5 Å². The molecule has 4 nitrogen and oxygen atoms in total. The topological polar surface area (TPSA) is 68.0 Å². The first-order chi connectivity index (χ1) is 6.93. The highest BCUT2D eigenvalue weighted by Crippen LogP contribution is 2.29. The fraction of sp³-hybridized carbons (Fsp3) is 0.429. The van der Waals surface area contributed by atoms with Gasteiger partial charge < -0.3 is 11.1 Å². The predicted molar refractivity (Wildman–Crippen MR) is 48.0 cm³/mol. The molecule has 0 spiro atoms. The number of hydrogen-bond acceptors (Lipinski definition) is 4. The first-order valence-corrected chi connectivity index (χ1v) is 4.80. The molecular formula is C7H8F3N3OS. The number of nitrogens with zero attached hydrogens (tertiary/aromatic N) is 1. The summed E-state index contributed by atoms with van der Waals surface area (Å²) in [6, 6.07) is 0. The first kappa shape index (κ1) is 11.9. The van der Waals surface area contributed by atoms with Gasteiger partial charge in [0.25, 0.3) is 0 Å². The monoisotopic (exact) mass is 239 g/mol. The normalized spacial score (nSPS) is 11.5. The Bertz CT molecular complexity index is 349. The molecule has 0 aromatic carbocycles. The van der Waals surface area contributed by atoms with Crippen molar-refractivity contribution in [3.05, 3.63) is 16.1 Å². The van der Waals surface area contributed by atoms with Crippen LogP contribution in [-0.4, -0.2) is 17.4 Å². The summed E-state index contributed by atoms with van der Waals surface area (Å²) in [6.07, 6.45) is -4.44. The summed E-state index contributed by atoms with van der Waals surface area (Å²) in [6.45, 7) is -0.228. The van der Waals surface area contributed by atoms with Gasteiger partial charge in [-0.05, 0) is 0 Å². The van der Waals surface area contributed by atoms with Gasteiger partial charge in [-0.15, -0.1) is 11.3 Å². The number of nitrogens with two attached hydrogens (primary N) is 1. The highest BCUT2D eigenvalue weighted by molar-refractivity contribution is 7.09. The minimum atomic E-state index is -4.44. The third kappa shape index (κ3) is 3.48. The van der Waals surface area contributed by atoms with Crippen molar-refractivity contribution in [2.75, 3.05) is 6.54 Å². The maximum Gasteiger partial charge on any atom is 0.434 e. The lowest BCUT2D eigenvalue weighted by Gasteiger charge is -2.01. The van der Waals surface area contributed by atoms with Gasteiger partial charge in [-0.25, -0.2) is 4.98 Å². The summed E-state index contributed by atoms with van der Waals surface area (Å²) < 4.78 is 36.3. The molecule has 1 amide bonds. The molecule has 1 rings (SSSR count). The van der Waals surface area contributed by atoms with Crippen LogP contribution in [0.4, 0.5) is 13.2 Å². The number of hydrogen-bond donors (Lipinski definition) is 2. The zero-order chi connectivity index (χ0) is 11.5. The molecule has 0 unspecified atom stereocenters. The lowest BCUT2D eigenvalue weighted by atomic mass is 10.5. The van der Waals surface area contributed by atoms with Gasteiger partial charge in [-0.3, -0.25) is 4.79 Å².